The second-order valence-corrected chi connectivity index (χ2v) is 6.19. The van der Waals surface area contributed by atoms with Gasteiger partial charge in [0, 0.05) is 6.61 Å². The molecule has 0 radical (unpaired) electrons. The van der Waals surface area contributed by atoms with Gasteiger partial charge >= 0.3 is 11.9 Å². The largest absolute Gasteiger partial charge is 0.481 e. The first-order valence-electron chi connectivity index (χ1n) is 8.17. The molecule has 0 amide bonds. The Morgan fingerprint density at radius 1 is 1.22 bits per heavy atom. The van der Waals surface area contributed by atoms with Crippen molar-refractivity contribution in [2.24, 2.45) is 11.8 Å². The summed E-state index contributed by atoms with van der Waals surface area (Å²) >= 11 is 0. The highest BCUT2D eigenvalue weighted by Gasteiger charge is 2.37. The second-order valence-electron chi connectivity index (χ2n) is 6.19. The number of fused-ring (bicyclic) bond motifs is 1. The van der Waals surface area contributed by atoms with E-state index < -0.39 is 24.0 Å². The molecule has 3 unspecified atom stereocenters. The number of hydrogen-bond acceptors (Lipinski definition) is 3. The fourth-order valence-electron chi connectivity index (χ4n) is 3.29. The van der Waals surface area contributed by atoms with Crippen molar-refractivity contribution in [2.75, 3.05) is 6.61 Å². The third kappa shape index (κ3) is 4.55. The van der Waals surface area contributed by atoms with E-state index in [9.17, 15) is 19.8 Å². The first kappa shape index (κ1) is 17.5. The molecule has 0 aromatic heterocycles. The molecular formula is C18H24O5. The van der Waals surface area contributed by atoms with Gasteiger partial charge in [-0.15, -0.1) is 0 Å². The Morgan fingerprint density at radius 3 is 2.52 bits per heavy atom. The zero-order valence-corrected chi connectivity index (χ0v) is 13.4. The summed E-state index contributed by atoms with van der Waals surface area (Å²) in [6.45, 7) is 2.13. The van der Waals surface area contributed by atoms with E-state index in [-0.39, 0.29) is 12.5 Å². The lowest BCUT2D eigenvalue weighted by molar-refractivity contribution is -0.165. The van der Waals surface area contributed by atoms with Crippen LogP contribution >= 0.6 is 0 Å². The van der Waals surface area contributed by atoms with Crippen LogP contribution < -0.4 is 0 Å². The summed E-state index contributed by atoms with van der Waals surface area (Å²) in [5.74, 6) is -3.11. The summed E-state index contributed by atoms with van der Waals surface area (Å²) in [6, 6.07) is 8.17. The van der Waals surface area contributed by atoms with Gasteiger partial charge in [0.05, 0.1) is 5.92 Å². The van der Waals surface area contributed by atoms with E-state index in [1.54, 1.807) is 0 Å². The van der Waals surface area contributed by atoms with Gasteiger partial charge in [0.1, 0.15) is 0 Å². The molecule has 0 bridgehead atoms. The minimum Gasteiger partial charge on any atom is -0.481 e. The summed E-state index contributed by atoms with van der Waals surface area (Å²) in [7, 11) is 0. The highest BCUT2D eigenvalue weighted by Crippen LogP contribution is 2.31. The van der Waals surface area contributed by atoms with E-state index in [2.05, 4.69) is 12.1 Å². The van der Waals surface area contributed by atoms with Crippen LogP contribution in [0, 0.1) is 11.8 Å². The molecule has 0 fully saturated rings. The molecule has 126 valence electrons. The maximum absolute atomic E-state index is 11.6. The topological polar surface area (TPSA) is 83.8 Å². The van der Waals surface area contributed by atoms with Crippen LogP contribution in [0.1, 0.15) is 37.3 Å². The van der Waals surface area contributed by atoms with E-state index in [4.69, 9.17) is 4.74 Å². The molecule has 1 aliphatic carbocycles. The van der Waals surface area contributed by atoms with Gasteiger partial charge in [0.25, 0.3) is 0 Å². The zero-order valence-electron chi connectivity index (χ0n) is 13.4. The Morgan fingerprint density at radius 2 is 1.91 bits per heavy atom. The molecular weight excluding hydrogens is 296 g/mol. The van der Waals surface area contributed by atoms with Crippen LogP contribution in [0.2, 0.25) is 0 Å². The van der Waals surface area contributed by atoms with Crippen LogP contribution in [0.4, 0.5) is 0 Å². The number of hydrogen-bond donors (Lipinski definition) is 2. The predicted octanol–water partition coefficient (Wildman–Crippen LogP) is 2.76. The van der Waals surface area contributed by atoms with Crippen molar-refractivity contribution in [2.45, 2.75) is 45.1 Å². The van der Waals surface area contributed by atoms with Gasteiger partial charge < -0.3 is 14.9 Å². The number of carboxylic acid groups (broad SMARTS) is 2. The molecule has 0 saturated heterocycles. The molecule has 3 atom stereocenters. The summed E-state index contributed by atoms with van der Waals surface area (Å²) in [5.41, 5.74) is 2.56. The monoisotopic (exact) mass is 320 g/mol. The van der Waals surface area contributed by atoms with Crippen LogP contribution in [0.15, 0.2) is 24.3 Å². The van der Waals surface area contributed by atoms with Crippen molar-refractivity contribution >= 4 is 11.9 Å². The molecule has 1 aliphatic rings. The van der Waals surface area contributed by atoms with Gasteiger partial charge in [0.15, 0.2) is 6.10 Å². The molecule has 0 spiro atoms. The summed E-state index contributed by atoms with van der Waals surface area (Å²) < 4.78 is 5.31. The number of carbonyl (C=O) groups is 2. The van der Waals surface area contributed by atoms with Crippen molar-refractivity contribution in [1.29, 1.82) is 0 Å². The van der Waals surface area contributed by atoms with E-state index in [1.165, 1.54) is 11.1 Å². The summed E-state index contributed by atoms with van der Waals surface area (Å²) in [5, 5.41) is 18.8. The molecule has 2 rings (SSSR count). The van der Waals surface area contributed by atoms with Crippen molar-refractivity contribution in [1.82, 2.24) is 0 Å². The molecule has 5 heteroatoms. The SMILES string of the molecule is CCCOC(C(=O)O)C(CC1CCc2ccccc2C1)C(=O)O. The van der Waals surface area contributed by atoms with Crippen LogP contribution in [0.25, 0.3) is 0 Å². The molecule has 0 heterocycles. The lowest BCUT2D eigenvalue weighted by Gasteiger charge is -2.29. The van der Waals surface area contributed by atoms with E-state index >= 15 is 0 Å². The second kappa shape index (κ2) is 8.11. The van der Waals surface area contributed by atoms with Crippen LogP contribution in [-0.4, -0.2) is 34.9 Å². The number of benzene rings is 1. The summed E-state index contributed by atoms with van der Waals surface area (Å²) in [4.78, 5) is 23.0. The van der Waals surface area contributed by atoms with Gasteiger partial charge in [-0.05, 0) is 49.1 Å². The molecule has 23 heavy (non-hydrogen) atoms. The molecule has 5 nitrogen and oxygen atoms in total. The van der Waals surface area contributed by atoms with Crippen molar-refractivity contribution < 1.29 is 24.5 Å². The van der Waals surface area contributed by atoms with Gasteiger partial charge in [-0.1, -0.05) is 31.2 Å². The van der Waals surface area contributed by atoms with Crippen molar-refractivity contribution in [3.05, 3.63) is 35.4 Å². The number of aliphatic carboxylic acids is 2. The smallest absolute Gasteiger partial charge is 0.333 e. The minimum absolute atomic E-state index is 0.179. The van der Waals surface area contributed by atoms with Crippen molar-refractivity contribution in [3.8, 4) is 0 Å². The van der Waals surface area contributed by atoms with E-state index in [1.807, 2.05) is 19.1 Å². The van der Waals surface area contributed by atoms with Gasteiger partial charge in [-0.2, -0.15) is 0 Å². The third-order valence-electron chi connectivity index (χ3n) is 4.46. The van der Waals surface area contributed by atoms with E-state index in [0.717, 1.165) is 19.3 Å². The number of aryl methyl sites for hydroxylation is 1. The highest BCUT2D eigenvalue weighted by molar-refractivity contribution is 5.81. The molecule has 0 aliphatic heterocycles. The molecule has 1 aromatic rings. The first-order valence-corrected chi connectivity index (χ1v) is 8.17. The van der Waals surface area contributed by atoms with Crippen LogP contribution in [0.5, 0.6) is 0 Å². The van der Waals surface area contributed by atoms with Crippen LogP contribution in [-0.2, 0) is 27.2 Å². The zero-order chi connectivity index (χ0) is 16.8. The summed E-state index contributed by atoms with van der Waals surface area (Å²) in [6.07, 6.45) is 2.34. The quantitative estimate of drug-likeness (QED) is 0.769. The lowest BCUT2D eigenvalue weighted by atomic mass is 9.78. The number of carboxylic acids is 2. The van der Waals surface area contributed by atoms with Gasteiger partial charge in [-0.3, -0.25) is 4.79 Å². The Hall–Kier alpha value is -1.88. The van der Waals surface area contributed by atoms with Crippen LogP contribution in [0.3, 0.4) is 0 Å². The van der Waals surface area contributed by atoms with Crippen molar-refractivity contribution in [3.63, 3.8) is 0 Å². The fraction of sp³-hybridized carbons (Fsp3) is 0.556. The number of ether oxygens (including phenoxy) is 1. The average Bonchev–Trinajstić information content (AvgIpc) is 2.53. The molecule has 1 aromatic carbocycles. The molecule has 0 saturated carbocycles. The molecule has 2 N–H and O–H groups in total. The predicted molar refractivity (Wildman–Crippen MR) is 85.4 cm³/mol. The Balaban J connectivity index is 2.07. The Bertz CT molecular complexity index is 554. The first-order chi connectivity index (χ1) is 11.0. The number of rotatable bonds is 8. The van der Waals surface area contributed by atoms with E-state index in [0.29, 0.717) is 12.8 Å². The van der Waals surface area contributed by atoms with Gasteiger partial charge in [0.2, 0.25) is 0 Å². The normalized spacial score (nSPS) is 19.6. The standard InChI is InChI=1S/C18H24O5/c1-2-9-23-16(18(21)22)15(17(19)20)11-12-7-8-13-5-3-4-6-14(13)10-12/h3-6,12,15-16H,2,7-11H2,1H3,(H,19,20)(H,21,22). The Kier molecular flexibility index (Phi) is 6.16. The third-order valence-corrected chi connectivity index (χ3v) is 4.46. The fourth-order valence-corrected chi connectivity index (χ4v) is 3.29. The minimum atomic E-state index is -1.27. The Labute approximate surface area is 136 Å². The highest BCUT2D eigenvalue weighted by atomic mass is 16.5. The maximum atomic E-state index is 11.6. The maximum Gasteiger partial charge on any atom is 0.333 e. The average molecular weight is 320 g/mol. The van der Waals surface area contributed by atoms with Gasteiger partial charge in [-0.25, -0.2) is 4.79 Å². The lowest BCUT2D eigenvalue weighted by Crippen LogP contribution is -2.39.